The predicted octanol–water partition coefficient (Wildman–Crippen LogP) is 2.78. The Hall–Kier alpha value is -4.17. The highest BCUT2D eigenvalue weighted by atomic mass is 19.4. The summed E-state index contributed by atoms with van der Waals surface area (Å²) in [6.07, 6.45) is -7.61. The molecule has 0 spiro atoms. The number of nitrogens with zero attached hydrogens (tertiary/aromatic N) is 4. The van der Waals surface area contributed by atoms with Crippen LogP contribution in [0.4, 0.5) is 32.2 Å². The van der Waals surface area contributed by atoms with Crippen molar-refractivity contribution in [1.29, 1.82) is 0 Å². The normalized spacial score (nSPS) is 13.8. The fourth-order valence-corrected chi connectivity index (χ4v) is 3.21. The van der Waals surface area contributed by atoms with Gasteiger partial charge in [0.25, 0.3) is 5.91 Å². The molecule has 0 aliphatic heterocycles. The standard InChI is InChI=1S/C20H16F6N6O3/c1-9-3-4-11(18(16(28)33,20(24,25)26)35-17(34)19(21,22)23)5-12(9)13-7-29-15(27)14(31-13)10-6-30-32(2)8-10/h3-8H,1-2H3,(H2,27,29)(H2,28,33). The number of alkyl halides is 6. The van der Waals surface area contributed by atoms with Gasteiger partial charge in [-0.2, -0.15) is 31.4 Å². The number of halogens is 6. The number of nitrogens with two attached hydrogens (primary N) is 2. The molecule has 0 radical (unpaired) electrons. The van der Waals surface area contributed by atoms with E-state index >= 15 is 0 Å². The topological polar surface area (TPSA) is 139 Å². The zero-order valence-corrected chi connectivity index (χ0v) is 17.9. The second kappa shape index (κ2) is 8.56. The average Bonchev–Trinajstić information content (AvgIpc) is 3.17. The van der Waals surface area contributed by atoms with Crippen LogP contribution < -0.4 is 11.5 Å². The Balaban J connectivity index is 2.23. The smallest absolute Gasteiger partial charge is 0.427 e. The molecule has 0 saturated carbocycles. The van der Waals surface area contributed by atoms with E-state index in [1.54, 1.807) is 13.2 Å². The zero-order chi connectivity index (χ0) is 26.3. The number of benzene rings is 1. The van der Waals surface area contributed by atoms with E-state index in [9.17, 15) is 35.9 Å². The fraction of sp³-hybridized carbons (Fsp3) is 0.250. The van der Waals surface area contributed by atoms with Gasteiger partial charge in [-0.05, 0) is 18.6 Å². The number of primary amides is 1. The summed E-state index contributed by atoms with van der Waals surface area (Å²) in [4.78, 5) is 31.6. The van der Waals surface area contributed by atoms with Crippen LogP contribution in [0.15, 0.2) is 36.8 Å². The zero-order valence-electron chi connectivity index (χ0n) is 17.9. The van der Waals surface area contributed by atoms with Crippen molar-refractivity contribution in [1.82, 2.24) is 19.7 Å². The number of hydrogen-bond donors (Lipinski definition) is 2. The van der Waals surface area contributed by atoms with Gasteiger partial charge >= 0.3 is 23.9 Å². The lowest BCUT2D eigenvalue weighted by atomic mass is 9.88. The van der Waals surface area contributed by atoms with Gasteiger partial charge in [-0.3, -0.25) is 9.48 Å². The van der Waals surface area contributed by atoms with Gasteiger partial charge in [0.05, 0.1) is 18.1 Å². The Labute approximate surface area is 192 Å². The second-order valence-electron chi connectivity index (χ2n) is 7.35. The van der Waals surface area contributed by atoms with Crippen LogP contribution in [-0.2, 0) is 27.0 Å². The van der Waals surface area contributed by atoms with Gasteiger partial charge in [0.1, 0.15) is 11.5 Å². The molecule has 186 valence electrons. The van der Waals surface area contributed by atoms with Crippen LogP contribution >= 0.6 is 0 Å². The Kier molecular flexibility index (Phi) is 6.22. The molecule has 0 aliphatic carbocycles. The number of ether oxygens (including phenoxy) is 1. The number of amides is 1. The third-order valence-corrected chi connectivity index (χ3v) is 4.92. The van der Waals surface area contributed by atoms with Gasteiger partial charge < -0.3 is 16.2 Å². The lowest BCUT2D eigenvalue weighted by Gasteiger charge is -2.33. The van der Waals surface area contributed by atoms with E-state index in [0.29, 0.717) is 23.3 Å². The molecule has 9 nitrogen and oxygen atoms in total. The van der Waals surface area contributed by atoms with E-state index < -0.39 is 35.4 Å². The summed E-state index contributed by atoms with van der Waals surface area (Å²) in [7, 11) is 1.62. The number of carbonyl (C=O) groups excluding carboxylic acids is 2. The predicted molar refractivity (Wildman–Crippen MR) is 108 cm³/mol. The molecule has 1 amide bonds. The number of carbonyl (C=O) groups is 2. The van der Waals surface area contributed by atoms with Crippen molar-refractivity contribution in [3.63, 3.8) is 0 Å². The van der Waals surface area contributed by atoms with E-state index in [1.807, 2.05) is 0 Å². The molecule has 0 fully saturated rings. The number of nitrogen functional groups attached to an aromatic ring is 1. The molecule has 0 bridgehead atoms. The largest absolute Gasteiger partial charge is 0.490 e. The minimum absolute atomic E-state index is 0.0311. The molecule has 3 aromatic rings. The first-order valence-electron chi connectivity index (χ1n) is 9.47. The van der Waals surface area contributed by atoms with Crippen LogP contribution in [0.25, 0.3) is 22.5 Å². The molecule has 0 saturated heterocycles. The van der Waals surface area contributed by atoms with E-state index in [-0.39, 0.29) is 22.8 Å². The molecular weight excluding hydrogens is 486 g/mol. The summed E-state index contributed by atoms with van der Waals surface area (Å²) in [6.45, 7) is 1.46. The van der Waals surface area contributed by atoms with Crippen molar-refractivity contribution in [2.24, 2.45) is 12.8 Å². The molecule has 1 atom stereocenters. The van der Waals surface area contributed by atoms with Crippen LogP contribution in [0.2, 0.25) is 0 Å². The molecule has 2 heterocycles. The van der Waals surface area contributed by atoms with Gasteiger partial charge in [0.2, 0.25) is 0 Å². The first-order chi connectivity index (χ1) is 16.1. The minimum atomic E-state index is -5.85. The average molecular weight is 502 g/mol. The van der Waals surface area contributed by atoms with E-state index in [2.05, 4.69) is 19.8 Å². The monoisotopic (exact) mass is 502 g/mol. The van der Waals surface area contributed by atoms with Gasteiger partial charge in [0.15, 0.2) is 0 Å². The molecule has 4 N–H and O–H groups in total. The number of aromatic nitrogens is 4. The maximum atomic E-state index is 14.0. The Morgan fingerprint density at radius 3 is 2.26 bits per heavy atom. The summed E-state index contributed by atoms with van der Waals surface area (Å²) in [5, 5.41) is 3.97. The highest BCUT2D eigenvalue weighted by molar-refractivity contribution is 5.90. The highest BCUT2D eigenvalue weighted by Crippen LogP contribution is 2.45. The molecule has 3 rings (SSSR count). The molecule has 15 heteroatoms. The number of aryl methyl sites for hydroxylation is 2. The van der Waals surface area contributed by atoms with Crippen LogP contribution in [0, 0.1) is 6.92 Å². The summed E-state index contributed by atoms with van der Waals surface area (Å²) in [6, 6.07) is 2.44. The fourth-order valence-electron chi connectivity index (χ4n) is 3.21. The molecular formula is C20H16F6N6O3. The number of hydrogen-bond acceptors (Lipinski definition) is 7. The summed E-state index contributed by atoms with van der Waals surface area (Å²) in [5.41, 5.74) is 5.86. The van der Waals surface area contributed by atoms with Crippen molar-refractivity contribution in [2.75, 3.05) is 5.73 Å². The van der Waals surface area contributed by atoms with Crippen molar-refractivity contribution < 1.29 is 40.7 Å². The molecule has 2 aromatic heterocycles. The molecule has 1 unspecified atom stereocenters. The summed E-state index contributed by atoms with van der Waals surface area (Å²) in [5.74, 6) is -5.66. The van der Waals surface area contributed by atoms with Gasteiger partial charge in [0, 0.05) is 29.9 Å². The van der Waals surface area contributed by atoms with Gasteiger partial charge in [-0.1, -0.05) is 12.1 Å². The van der Waals surface area contributed by atoms with Crippen LogP contribution in [0.5, 0.6) is 0 Å². The maximum Gasteiger partial charge on any atom is 0.490 e. The third-order valence-electron chi connectivity index (χ3n) is 4.92. The highest BCUT2D eigenvalue weighted by Gasteiger charge is 2.66. The van der Waals surface area contributed by atoms with Crippen molar-refractivity contribution in [3.05, 3.63) is 47.9 Å². The Bertz CT molecular complexity index is 1300. The maximum absolute atomic E-state index is 14.0. The lowest BCUT2D eigenvalue weighted by Crippen LogP contribution is -2.57. The van der Waals surface area contributed by atoms with Crippen LogP contribution in [-0.4, -0.2) is 44.0 Å². The van der Waals surface area contributed by atoms with Crippen molar-refractivity contribution in [3.8, 4) is 22.5 Å². The molecule has 0 aliphatic rings. The molecule has 1 aromatic carbocycles. The SMILES string of the molecule is Cc1ccc(C(OC(=O)C(F)(F)F)(C(N)=O)C(F)(F)F)cc1-c1cnc(N)c(-c2cnn(C)c2)n1. The van der Waals surface area contributed by atoms with Gasteiger partial charge in [-0.15, -0.1) is 0 Å². The minimum Gasteiger partial charge on any atom is -0.427 e. The van der Waals surface area contributed by atoms with Gasteiger partial charge in [-0.25, -0.2) is 14.8 Å². The Morgan fingerprint density at radius 1 is 1.09 bits per heavy atom. The number of esters is 1. The van der Waals surface area contributed by atoms with Crippen molar-refractivity contribution >= 4 is 17.7 Å². The first-order valence-corrected chi connectivity index (χ1v) is 9.47. The Morgan fingerprint density at radius 2 is 1.74 bits per heavy atom. The first kappa shape index (κ1) is 25.5. The van der Waals surface area contributed by atoms with E-state index in [1.165, 1.54) is 17.8 Å². The number of rotatable bonds is 5. The summed E-state index contributed by atoms with van der Waals surface area (Å²) < 4.78 is 85.6. The lowest BCUT2D eigenvalue weighted by molar-refractivity contribution is -0.280. The quantitative estimate of drug-likeness (QED) is 0.404. The number of anilines is 1. The van der Waals surface area contributed by atoms with Crippen molar-refractivity contribution in [2.45, 2.75) is 24.9 Å². The van der Waals surface area contributed by atoms with E-state index in [0.717, 1.165) is 12.3 Å². The molecule has 35 heavy (non-hydrogen) atoms. The summed E-state index contributed by atoms with van der Waals surface area (Å²) >= 11 is 0. The van der Waals surface area contributed by atoms with E-state index in [4.69, 9.17) is 11.5 Å². The second-order valence-corrected chi connectivity index (χ2v) is 7.35. The van der Waals surface area contributed by atoms with Crippen LogP contribution in [0.3, 0.4) is 0 Å². The van der Waals surface area contributed by atoms with Crippen LogP contribution in [0.1, 0.15) is 11.1 Å². The third kappa shape index (κ3) is 4.61.